The Morgan fingerprint density at radius 1 is 0.462 bits per heavy atom. The van der Waals surface area contributed by atoms with Crippen molar-refractivity contribution in [2.45, 2.75) is 25.9 Å². The van der Waals surface area contributed by atoms with Gasteiger partial charge in [0.15, 0.2) is 11.6 Å². The van der Waals surface area contributed by atoms with Crippen LogP contribution in [0.5, 0.6) is 11.5 Å². The Morgan fingerprint density at radius 2 is 0.865 bits per heavy atom. The molecule has 0 radical (unpaired) electrons. The van der Waals surface area contributed by atoms with Gasteiger partial charge >= 0.3 is 0 Å². The molecular weight excluding hydrogens is 660 g/mol. The molecule has 0 atom stereocenters. The van der Waals surface area contributed by atoms with Gasteiger partial charge in [-0.25, -0.2) is 9.97 Å². The highest BCUT2D eigenvalue weighted by Gasteiger charge is 2.12. The highest BCUT2D eigenvalue weighted by molar-refractivity contribution is 5.57. The smallest absolute Gasteiger partial charge is 0.204 e. The van der Waals surface area contributed by atoms with E-state index in [4.69, 9.17) is 9.47 Å². The Morgan fingerprint density at radius 3 is 1.29 bits per heavy atom. The van der Waals surface area contributed by atoms with E-state index in [0.717, 1.165) is 46.6 Å². The summed E-state index contributed by atoms with van der Waals surface area (Å²) in [5.74, 6) is 5.10. The molecule has 8 aromatic rings. The van der Waals surface area contributed by atoms with Crippen molar-refractivity contribution >= 4 is 0 Å². The van der Waals surface area contributed by atoms with Crippen molar-refractivity contribution in [2.24, 2.45) is 0 Å². The Hall–Kier alpha value is -7.10. The summed E-state index contributed by atoms with van der Waals surface area (Å²) < 4.78 is 11.9. The predicted molar refractivity (Wildman–Crippen MR) is 189 cm³/mol. The summed E-state index contributed by atoms with van der Waals surface area (Å²) in [6, 6.07) is 34.8. The molecule has 258 valence electrons. The van der Waals surface area contributed by atoms with E-state index in [1.807, 2.05) is 109 Å². The number of tetrazole rings is 2. The second kappa shape index (κ2) is 15.2. The number of unbranched alkanes of at least 4 members (excludes halogenated alkanes) is 1. The summed E-state index contributed by atoms with van der Waals surface area (Å²) in [5, 5.41) is 40.0. The summed E-state index contributed by atoms with van der Waals surface area (Å²) >= 11 is 0. The van der Waals surface area contributed by atoms with Crippen LogP contribution in [0, 0.1) is 0 Å². The molecule has 0 unspecified atom stereocenters. The fraction of sp³-hybridized carbons (Fsp3) is 0.167. The topological polar surface area (TPSA) is 189 Å². The third-order valence-corrected chi connectivity index (χ3v) is 7.92. The first-order valence-corrected chi connectivity index (χ1v) is 16.7. The van der Waals surface area contributed by atoms with Gasteiger partial charge in [-0.1, -0.05) is 60.7 Å². The zero-order valence-corrected chi connectivity index (χ0v) is 27.8. The normalized spacial score (nSPS) is 11.2. The van der Waals surface area contributed by atoms with Crippen LogP contribution in [0.2, 0.25) is 0 Å². The van der Waals surface area contributed by atoms with E-state index in [1.54, 1.807) is 0 Å². The number of ether oxygens (including phenoxy) is 2. The Labute approximate surface area is 296 Å². The molecule has 2 N–H and O–H groups in total. The number of hydrogen-bond donors (Lipinski definition) is 2. The van der Waals surface area contributed by atoms with Crippen LogP contribution < -0.4 is 9.47 Å². The van der Waals surface area contributed by atoms with Gasteiger partial charge in [-0.2, -0.15) is 19.8 Å². The van der Waals surface area contributed by atoms with Crippen LogP contribution in [-0.4, -0.2) is 84.0 Å². The molecule has 0 saturated carbocycles. The lowest BCUT2D eigenvalue weighted by molar-refractivity contribution is 0.266. The van der Waals surface area contributed by atoms with Gasteiger partial charge in [-0.3, -0.25) is 10.2 Å². The number of benzene rings is 4. The number of nitrogens with zero attached hydrogens (tertiary/aromatic N) is 12. The number of hydrogen-bond acceptors (Lipinski definition) is 12. The van der Waals surface area contributed by atoms with Gasteiger partial charge in [-0.05, 0) is 71.8 Å². The first-order chi connectivity index (χ1) is 25.7. The molecule has 0 spiro atoms. The Balaban J connectivity index is 0.743. The largest absolute Gasteiger partial charge is 0.494 e. The molecule has 52 heavy (non-hydrogen) atoms. The minimum atomic E-state index is 0.327. The first kappa shape index (κ1) is 32.1. The fourth-order valence-corrected chi connectivity index (χ4v) is 5.27. The molecule has 16 heteroatoms. The van der Waals surface area contributed by atoms with Crippen LogP contribution in [0.15, 0.2) is 109 Å². The number of aromatic amines is 2. The number of aromatic nitrogens is 14. The molecule has 8 rings (SSSR count). The van der Waals surface area contributed by atoms with Crippen LogP contribution in [-0.2, 0) is 13.1 Å². The molecule has 0 bridgehead atoms. The average molecular weight is 693 g/mol. The summed E-state index contributed by atoms with van der Waals surface area (Å²) in [5.41, 5.74) is 3.55. The van der Waals surface area contributed by atoms with Crippen LogP contribution in [0.4, 0.5) is 0 Å². The van der Waals surface area contributed by atoms with Gasteiger partial charge in [0.2, 0.25) is 11.6 Å². The quantitative estimate of drug-likeness (QED) is 0.139. The molecular formula is C36H32N14O2. The van der Waals surface area contributed by atoms with Gasteiger partial charge in [0.05, 0.1) is 13.2 Å². The SMILES string of the molecule is c1ccc(-c2nnn(Cc3nc(-c4ccc(OCCCCOc5ccc(-c6n[nH]c(Cn7nnc(-c8ccccc8)n7)n6)cc5)cc4)n[nH]3)n2)cc1. The van der Waals surface area contributed by atoms with E-state index in [1.165, 1.54) is 9.59 Å². The van der Waals surface area contributed by atoms with Crippen molar-refractivity contribution in [2.75, 3.05) is 13.2 Å². The Bertz CT molecular complexity index is 2150. The minimum absolute atomic E-state index is 0.327. The molecule has 0 aliphatic heterocycles. The van der Waals surface area contributed by atoms with Gasteiger partial charge in [0, 0.05) is 22.3 Å². The van der Waals surface area contributed by atoms with Crippen molar-refractivity contribution in [3.63, 3.8) is 0 Å². The lowest BCUT2D eigenvalue weighted by Gasteiger charge is -2.08. The molecule has 0 saturated heterocycles. The maximum absolute atomic E-state index is 5.94. The van der Waals surface area contributed by atoms with Crippen molar-refractivity contribution in [3.8, 4) is 57.1 Å². The lowest BCUT2D eigenvalue weighted by atomic mass is 10.2. The maximum Gasteiger partial charge on any atom is 0.204 e. The van der Waals surface area contributed by atoms with Crippen molar-refractivity contribution in [3.05, 3.63) is 121 Å². The van der Waals surface area contributed by atoms with Gasteiger partial charge < -0.3 is 9.47 Å². The van der Waals surface area contributed by atoms with E-state index >= 15 is 0 Å². The van der Waals surface area contributed by atoms with E-state index in [-0.39, 0.29) is 0 Å². The van der Waals surface area contributed by atoms with Crippen molar-refractivity contribution in [1.29, 1.82) is 0 Å². The third kappa shape index (κ3) is 7.86. The second-order valence-electron chi connectivity index (χ2n) is 11.7. The number of nitrogens with one attached hydrogen (secondary N) is 2. The van der Waals surface area contributed by atoms with Crippen molar-refractivity contribution < 1.29 is 9.47 Å². The number of H-pyrrole nitrogens is 2. The van der Waals surface area contributed by atoms with E-state index < -0.39 is 0 Å². The third-order valence-electron chi connectivity index (χ3n) is 7.92. The fourth-order valence-electron chi connectivity index (χ4n) is 5.27. The number of rotatable bonds is 15. The maximum atomic E-state index is 5.94. The summed E-state index contributed by atoms with van der Waals surface area (Å²) in [7, 11) is 0. The zero-order valence-electron chi connectivity index (χ0n) is 27.8. The summed E-state index contributed by atoms with van der Waals surface area (Å²) in [6.45, 7) is 1.81. The first-order valence-electron chi connectivity index (χ1n) is 16.7. The zero-order chi connectivity index (χ0) is 35.0. The Kier molecular flexibility index (Phi) is 9.39. The van der Waals surface area contributed by atoms with Crippen LogP contribution >= 0.6 is 0 Å². The monoisotopic (exact) mass is 692 g/mol. The van der Waals surface area contributed by atoms with E-state index in [9.17, 15) is 0 Å². The highest BCUT2D eigenvalue weighted by atomic mass is 16.5. The molecule has 0 fully saturated rings. The lowest BCUT2D eigenvalue weighted by Crippen LogP contribution is -2.05. The molecule has 4 heterocycles. The van der Waals surface area contributed by atoms with Gasteiger partial charge in [-0.15, -0.1) is 20.4 Å². The van der Waals surface area contributed by atoms with Crippen LogP contribution in [0.3, 0.4) is 0 Å². The molecule has 16 nitrogen and oxygen atoms in total. The molecule has 4 aromatic carbocycles. The van der Waals surface area contributed by atoms with E-state index in [0.29, 0.717) is 61.2 Å². The van der Waals surface area contributed by atoms with Crippen LogP contribution in [0.25, 0.3) is 45.6 Å². The molecule has 0 aliphatic carbocycles. The van der Waals surface area contributed by atoms with Gasteiger partial charge in [0.25, 0.3) is 0 Å². The predicted octanol–water partition coefficient (Wildman–Crippen LogP) is 4.90. The average Bonchev–Trinajstić information content (AvgIpc) is 4.04. The van der Waals surface area contributed by atoms with Gasteiger partial charge in [0.1, 0.15) is 36.2 Å². The van der Waals surface area contributed by atoms with E-state index in [2.05, 4.69) is 61.2 Å². The standard InChI is InChI=1S/C36H32N14O2/c1-3-9-25(10-4-1)35-43-47-49(45-35)23-31-37-33(41-39-31)27-13-17-29(18-14-27)51-21-7-8-22-52-30-19-15-28(16-20-30)34-38-32(40-42-34)24-50-46-36(44-48-50)26-11-5-2-6-12-26/h1-6,9-20H,7-8,21-24H2,(H,37,39,41)(H,38,40,42). The summed E-state index contributed by atoms with van der Waals surface area (Å²) in [6.07, 6.45) is 1.69. The van der Waals surface area contributed by atoms with Crippen LogP contribution in [0.1, 0.15) is 24.5 Å². The van der Waals surface area contributed by atoms with Crippen molar-refractivity contribution in [1.82, 2.24) is 70.8 Å². The highest BCUT2D eigenvalue weighted by Crippen LogP contribution is 2.22. The minimum Gasteiger partial charge on any atom is -0.494 e. The second-order valence-corrected chi connectivity index (χ2v) is 11.7. The molecule has 0 amide bonds. The molecule has 0 aliphatic rings. The molecule has 4 aromatic heterocycles. The summed E-state index contributed by atoms with van der Waals surface area (Å²) in [4.78, 5) is 12.2.